The van der Waals surface area contributed by atoms with Crippen LogP contribution in [0.2, 0.25) is 0 Å². The van der Waals surface area contributed by atoms with Gasteiger partial charge < -0.3 is 183 Å². The van der Waals surface area contributed by atoms with Gasteiger partial charge in [-0.25, -0.2) is 0 Å². The molecule has 37 nitrogen and oxygen atoms in total. The molecule has 37 heteroatoms. The molecule has 35 unspecified atom stereocenters. The van der Waals surface area contributed by atoms with Crippen LogP contribution in [0, 0.1) is 0 Å². The molecule has 0 aromatic heterocycles. The van der Waals surface area contributed by atoms with E-state index in [1.54, 1.807) is 13.8 Å². The van der Waals surface area contributed by atoms with E-state index in [-0.39, 0.29) is 13.2 Å². The minimum absolute atomic E-state index is 0.130. The molecule has 35 atom stereocenters. The van der Waals surface area contributed by atoms with Gasteiger partial charge in [0.15, 0.2) is 44.0 Å². The van der Waals surface area contributed by atoms with Gasteiger partial charge in [0.1, 0.15) is 171 Å². The second kappa shape index (κ2) is 32.5. The second-order valence-electron chi connectivity index (χ2n) is 20.6. The minimum atomic E-state index is -1.91. The van der Waals surface area contributed by atoms with Crippen molar-refractivity contribution in [3.8, 4) is 0 Å². The van der Waals surface area contributed by atoms with E-state index >= 15 is 0 Å². The van der Waals surface area contributed by atoms with E-state index in [4.69, 9.17) is 71.1 Å². The fraction of sp³-hybridized carbons (Fsp3) is 1.00. The van der Waals surface area contributed by atoms with Gasteiger partial charge in [-0.15, -0.1) is 0 Å². The van der Waals surface area contributed by atoms with Crippen LogP contribution in [0.5, 0.6) is 0 Å². The van der Waals surface area contributed by atoms with Crippen LogP contribution in [0.3, 0.4) is 0 Å². The summed E-state index contributed by atoms with van der Waals surface area (Å²) in [7, 11) is 1.19. The van der Waals surface area contributed by atoms with Crippen LogP contribution in [0.1, 0.15) is 13.8 Å². The summed E-state index contributed by atoms with van der Waals surface area (Å²) < 4.78 is 81.9. The largest absolute Gasteiger partial charge is 0.394 e. The number of aliphatic hydroxyl groups excluding tert-OH is 22. The van der Waals surface area contributed by atoms with Gasteiger partial charge in [0.05, 0.1) is 46.2 Å². The molecule has 494 valence electrons. The first-order chi connectivity index (χ1) is 39.9. The monoisotopic (exact) mass is 1240 g/mol. The first-order valence-electron chi connectivity index (χ1n) is 27.0. The van der Waals surface area contributed by atoms with Gasteiger partial charge in [0, 0.05) is 20.3 Å². The Labute approximate surface area is 478 Å². The van der Waals surface area contributed by atoms with E-state index in [9.17, 15) is 112 Å². The first kappa shape index (κ1) is 71.6. The Morgan fingerprint density at radius 2 is 0.536 bits per heavy atom. The van der Waals surface area contributed by atoms with Gasteiger partial charge in [0.25, 0.3) is 0 Å². The van der Waals surface area contributed by atoms with Crippen molar-refractivity contribution < 1.29 is 183 Å². The smallest absolute Gasteiger partial charge is 0.187 e. The Morgan fingerprint density at radius 3 is 0.905 bits per heavy atom. The first-order valence-corrected chi connectivity index (χ1v) is 27.0. The number of methoxy groups -OCH3 is 1. The molecule has 7 aliphatic rings. The summed E-state index contributed by atoms with van der Waals surface area (Å²) >= 11 is 0. The predicted molar refractivity (Wildman–Crippen MR) is 259 cm³/mol. The lowest BCUT2D eigenvalue weighted by atomic mass is 9.96. The minimum Gasteiger partial charge on any atom is -0.394 e. The summed E-state index contributed by atoms with van der Waals surface area (Å²) in [5.41, 5.74) is 0. The molecule has 0 aromatic rings. The van der Waals surface area contributed by atoms with Gasteiger partial charge in [-0.3, -0.25) is 0 Å². The third-order valence-corrected chi connectivity index (χ3v) is 15.2. The van der Waals surface area contributed by atoms with E-state index in [2.05, 4.69) is 0 Å². The van der Waals surface area contributed by atoms with Crippen molar-refractivity contribution in [1.82, 2.24) is 0 Å². The standard InChI is InChI=1S/C29H52O21.C18H32O16/c1-4-42-22-10(6-30)46-28(20(39)14(22)33)49-24-12(8-32)45-27(19(38)17(24)36)44-9-13-25(16(35)18(37)26(41-3)48-13)50-29-21(40)15(34)23(43-5-2)11(7-31)47-29;19-1-4-7(22)8(23)12(27)17(31-4)34-15-6(3-21)32-18(13(28)10(15)25)33-14-5(2-20)30-16(29)11(26)9(14)24/h10-40H,4-9H2,1-3H3;4-29H,1-3H2. The van der Waals surface area contributed by atoms with Crippen molar-refractivity contribution in [2.24, 2.45) is 0 Å². The maximum atomic E-state index is 11.0. The molecule has 7 aliphatic heterocycles. The van der Waals surface area contributed by atoms with E-state index in [0.717, 1.165) is 0 Å². The van der Waals surface area contributed by atoms with Crippen LogP contribution in [-0.2, 0) is 71.1 Å². The lowest BCUT2D eigenvalue weighted by Gasteiger charge is -2.48. The lowest BCUT2D eigenvalue weighted by Crippen LogP contribution is -2.66. The highest BCUT2D eigenvalue weighted by atomic mass is 16.8. The average Bonchev–Trinajstić information content (AvgIpc) is 3.33. The summed E-state index contributed by atoms with van der Waals surface area (Å²) in [5, 5.41) is 225. The fourth-order valence-electron chi connectivity index (χ4n) is 10.4. The van der Waals surface area contributed by atoms with Gasteiger partial charge in [-0.2, -0.15) is 0 Å². The third-order valence-electron chi connectivity index (χ3n) is 15.2. The molecule has 0 aliphatic carbocycles. The van der Waals surface area contributed by atoms with E-state index in [1.807, 2.05) is 0 Å². The zero-order chi connectivity index (χ0) is 62.2. The number of aliphatic hydroxyl groups is 22. The topological polar surface area (TPSA) is 584 Å². The molecular formula is C47H84O37. The highest BCUT2D eigenvalue weighted by Gasteiger charge is 2.57. The van der Waals surface area contributed by atoms with Gasteiger partial charge in [-0.1, -0.05) is 0 Å². The lowest BCUT2D eigenvalue weighted by molar-refractivity contribution is -0.377. The van der Waals surface area contributed by atoms with Crippen molar-refractivity contribution in [2.75, 3.05) is 66.6 Å². The van der Waals surface area contributed by atoms with Crippen molar-refractivity contribution >= 4 is 0 Å². The summed E-state index contributed by atoms with van der Waals surface area (Å²) in [6.45, 7) is -1.43. The van der Waals surface area contributed by atoms with Gasteiger partial charge in [-0.05, 0) is 13.8 Å². The summed E-state index contributed by atoms with van der Waals surface area (Å²) in [4.78, 5) is 0. The van der Waals surface area contributed by atoms with Crippen molar-refractivity contribution in [3.05, 3.63) is 0 Å². The molecular weight excluding hydrogens is 1160 g/mol. The number of ether oxygens (including phenoxy) is 15. The normalized spacial score (nSPS) is 50.3. The molecule has 84 heavy (non-hydrogen) atoms. The van der Waals surface area contributed by atoms with E-state index in [0.29, 0.717) is 0 Å². The van der Waals surface area contributed by atoms with Crippen molar-refractivity contribution in [3.63, 3.8) is 0 Å². The van der Waals surface area contributed by atoms with Crippen LogP contribution in [0.15, 0.2) is 0 Å². The van der Waals surface area contributed by atoms with Crippen LogP contribution in [0.25, 0.3) is 0 Å². The SMILES string of the molecule is CCOC1C(CO)OC(OC2C(COC3OC(CO)C(OC4OC(CO)C(OCC)C(O)C4O)C(O)C3O)OC(OC)C(O)C2O)C(O)C1O.OCC1OC(OC2C(CO)OC(OC3C(CO)OC(O)C(O)C3O)C(O)C2O)C(O)C(O)C1O. The molecule has 7 rings (SSSR count). The zero-order valence-corrected chi connectivity index (χ0v) is 45.5. The molecule has 0 aromatic carbocycles. The maximum Gasteiger partial charge on any atom is 0.187 e. The van der Waals surface area contributed by atoms with E-state index < -0.39 is 261 Å². The number of hydrogen-bond acceptors (Lipinski definition) is 37. The third kappa shape index (κ3) is 15.8. The Hall–Kier alpha value is -1.48. The molecule has 7 saturated heterocycles. The fourth-order valence-corrected chi connectivity index (χ4v) is 10.4. The number of hydrogen-bond donors (Lipinski definition) is 22. The Balaban J connectivity index is 0.000000290. The van der Waals surface area contributed by atoms with Crippen molar-refractivity contribution in [1.29, 1.82) is 0 Å². The molecule has 0 radical (unpaired) electrons. The second-order valence-corrected chi connectivity index (χ2v) is 20.6. The van der Waals surface area contributed by atoms with Crippen LogP contribution >= 0.6 is 0 Å². The maximum absolute atomic E-state index is 11.0. The molecule has 0 saturated carbocycles. The Kier molecular flexibility index (Phi) is 27.7. The quantitative estimate of drug-likeness (QED) is 0.0479. The van der Waals surface area contributed by atoms with Crippen LogP contribution in [-0.4, -0.2) is 394 Å². The van der Waals surface area contributed by atoms with Gasteiger partial charge >= 0.3 is 0 Å². The highest BCUT2D eigenvalue weighted by Crippen LogP contribution is 2.36. The van der Waals surface area contributed by atoms with Crippen molar-refractivity contribution in [2.45, 2.75) is 229 Å². The average molecular weight is 1240 g/mol. The summed E-state index contributed by atoms with van der Waals surface area (Å²) in [6, 6.07) is 0. The van der Waals surface area contributed by atoms with E-state index in [1.165, 1.54) is 7.11 Å². The molecule has 0 spiro atoms. The Bertz CT molecular complexity index is 1880. The number of rotatable bonds is 22. The molecule has 7 fully saturated rings. The Morgan fingerprint density at radius 1 is 0.262 bits per heavy atom. The zero-order valence-electron chi connectivity index (χ0n) is 45.5. The highest BCUT2D eigenvalue weighted by molar-refractivity contribution is 4.99. The molecule has 7 heterocycles. The summed E-state index contributed by atoms with van der Waals surface area (Å²) in [6.07, 6.45) is -55.7. The molecule has 0 bridgehead atoms. The predicted octanol–water partition coefficient (Wildman–Crippen LogP) is -14.6. The summed E-state index contributed by atoms with van der Waals surface area (Å²) in [5.74, 6) is 0. The molecule has 0 amide bonds. The van der Waals surface area contributed by atoms with Crippen LogP contribution < -0.4 is 0 Å². The molecule has 22 N–H and O–H groups in total. The van der Waals surface area contributed by atoms with Gasteiger partial charge in [0.2, 0.25) is 0 Å². The van der Waals surface area contributed by atoms with Crippen LogP contribution in [0.4, 0.5) is 0 Å².